The Bertz CT molecular complexity index is 562. The fraction of sp³-hybridized carbons (Fsp3) is 0.765. The normalized spacial score (nSPS) is 21.6. The maximum Gasteiger partial charge on any atom is 0.269 e. The molecule has 0 radical (unpaired) electrons. The third-order valence-electron chi connectivity index (χ3n) is 4.64. The van der Waals surface area contributed by atoms with E-state index in [0.717, 1.165) is 50.0 Å². The fourth-order valence-electron chi connectivity index (χ4n) is 3.34. The third-order valence-corrected chi connectivity index (χ3v) is 4.64. The Labute approximate surface area is 131 Å². The number of aromatic nitrogens is 2. The van der Waals surface area contributed by atoms with Crippen molar-refractivity contribution in [2.24, 2.45) is 0 Å². The highest BCUT2D eigenvalue weighted by molar-refractivity contribution is 5.29. The summed E-state index contributed by atoms with van der Waals surface area (Å²) in [5, 5.41) is 4.58. The molecule has 22 heavy (non-hydrogen) atoms. The minimum atomic E-state index is -0.0521. The predicted octanol–water partition coefficient (Wildman–Crippen LogP) is 2.36. The molecular formula is C17H26N2O3. The quantitative estimate of drug-likeness (QED) is 0.784. The van der Waals surface area contributed by atoms with E-state index in [0.29, 0.717) is 13.2 Å². The molecule has 1 unspecified atom stereocenters. The van der Waals surface area contributed by atoms with Crippen LogP contribution >= 0.6 is 0 Å². The maximum absolute atomic E-state index is 12.4. The predicted molar refractivity (Wildman–Crippen MR) is 84.0 cm³/mol. The Balaban J connectivity index is 1.56. The lowest BCUT2D eigenvalue weighted by Gasteiger charge is -2.22. The lowest BCUT2D eigenvalue weighted by Crippen LogP contribution is -2.30. The van der Waals surface area contributed by atoms with E-state index < -0.39 is 0 Å². The molecule has 0 saturated carbocycles. The molecule has 1 fully saturated rings. The van der Waals surface area contributed by atoms with Crippen LogP contribution in [0.5, 0.6) is 0 Å². The molecule has 1 saturated heterocycles. The van der Waals surface area contributed by atoms with Crippen molar-refractivity contribution in [3.63, 3.8) is 0 Å². The van der Waals surface area contributed by atoms with Crippen molar-refractivity contribution in [1.29, 1.82) is 0 Å². The molecule has 0 spiro atoms. The van der Waals surface area contributed by atoms with Crippen molar-refractivity contribution in [2.45, 2.75) is 71.1 Å². The van der Waals surface area contributed by atoms with Gasteiger partial charge in [0.25, 0.3) is 5.56 Å². The minimum absolute atomic E-state index is 0.0521. The zero-order chi connectivity index (χ0) is 15.4. The van der Waals surface area contributed by atoms with Crippen LogP contribution in [0.15, 0.2) is 4.79 Å². The Morgan fingerprint density at radius 1 is 1.27 bits per heavy atom. The molecule has 1 atom stereocenters. The van der Waals surface area contributed by atoms with Crippen molar-refractivity contribution in [3.8, 4) is 0 Å². The van der Waals surface area contributed by atoms with E-state index in [-0.39, 0.29) is 11.8 Å². The van der Waals surface area contributed by atoms with Gasteiger partial charge < -0.3 is 9.47 Å². The number of hydrogen-bond acceptors (Lipinski definition) is 4. The number of hydrogen-bond donors (Lipinski definition) is 0. The van der Waals surface area contributed by atoms with E-state index in [2.05, 4.69) is 5.10 Å². The fourth-order valence-corrected chi connectivity index (χ4v) is 3.34. The topological polar surface area (TPSA) is 53.4 Å². The molecule has 1 aliphatic heterocycles. The summed E-state index contributed by atoms with van der Waals surface area (Å²) in [5.74, 6) is 0. The highest BCUT2D eigenvalue weighted by Crippen LogP contribution is 2.20. The SMILES string of the molecule is Cc1c2c(nn(CCCOC3CCCCO3)c1=O)CCCC2. The largest absolute Gasteiger partial charge is 0.353 e. The van der Waals surface area contributed by atoms with Crippen LogP contribution in [-0.2, 0) is 28.9 Å². The highest BCUT2D eigenvalue weighted by Gasteiger charge is 2.17. The van der Waals surface area contributed by atoms with Crippen LogP contribution in [0.25, 0.3) is 0 Å². The van der Waals surface area contributed by atoms with Gasteiger partial charge in [-0.15, -0.1) is 0 Å². The summed E-state index contributed by atoms with van der Waals surface area (Å²) in [6.07, 6.45) is 8.40. The molecule has 3 rings (SSSR count). The lowest BCUT2D eigenvalue weighted by atomic mass is 9.94. The van der Waals surface area contributed by atoms with E-state index in [4.69, 9.17) is 9.47 Å². The average Bonchev–Trinajstić information content (AvgIpc) is 2.57. The van der Waals surface area contributed by atoms with Crippen LogP contribution in [0.3, 0.4) is 0 Å². The minimum Gasteiger partial charge on any atom is -0.353 e. The summed E-state index contributed by atoms with van der Waals surface area (Å²) in [6.45, 7) is 3.99. The van der Waals surface area contributed by atoms with E-state index in [9.17, 15) is 4.79 Å². The van der Waals surface area contributed by atoms with Gasteiger partial charge in [0, 0.05) is 18.7 Å². The van der Waals surface area contributed by atoms with E-state index in [1.165, 1.54) is 24.8 Å². The molecule has 1 aliphatic carbocycles. The van der Waals surface area contributed by atoms with E-state index >= 15 is 0 Å². The summed E-state index contributed by atoms with van der Waals surface area (Å²) < 4.78 is 12.9. The van der Waals surface area contributed by atoms with Gasteiger partial charge >= 0.3 is 0 Å². The molecular weight excluding hydrogens is 280 g/mol. The molecule has 5 heteroatoms. The second-order valence-corrected chi connectivity index (χ2v) is 6.31. The molecule has 0 N–H and O–H groups in total. The van der Waals surface area contributed by atoms with Gasteiger partial charge in [0.1, 0.15) is 0 Å². The van der Waals surface area contributed by atoms with Gasteiger partial charge in [-0.2, -0.15) is 5.10 Å². The first-order valence-corrected chi connectivity index (χ1v) is 8.58. The first kappa shape index (κ1) is 15.7. The second-order valence-electron chi connectivity index (χ2n) is 6.31. The van der Waals surface area contributed by atoms with Crippen LogP contribution in [0, 0.1) is 6.92 Å². The third kappa shape index (κ3) is 3.58. The van der Waals surface area contributed by atoms with Crippen molar-refractivity contribution in [3.05, 3.63) is 27.2 Å². The molecule has 5 nitrogen and oxygen atoms in total. The smallest absolute Gasteiger partial charge is 0.269 e. The standard InChI is InChI=1S/C17H26N2O3/c1-13-14-7-2-3-8-15(14)18-19(17(13)20)10-6-12-22-16-9-4-5-11-21-16/h16H,2-12H2,1H3. The first-order valence-electron chi connectivity index (χ1n) is 8.58. The molecule has 0 bridgehead atoms. The van der Waals surface area contributed by atoms with Gasteiger partial charge in [-0.3, -0.25) is 4.79 Å². The van der Waals surface area contributed by atoms with Gasteiger partial charge in [-0.05, 0) is 63.9 Å². The number of ether oxygens (including phenoxy) is 2. The number of fused-ring (bicyclic) bond motifs is 1. The summed E-state index contributed by atoms with van der Waals surface area (Å²) in [4.78, 5) is 12.4. The van der Waals surface area contributed by atoms with Gasteiger partial charge in [0.05, 0.1) is 12.3 Å². The summed E-state index contributed by atoms with van der Waals surface area (Å²) in [7, 11) is 0. The second kappa shape index (κ2) is 7.38. The molecule has 1 aromatic rings. The number of rotatable bonds is 5. The van der Waals surface area contributed by atoms with Crippen LogP contribution < -0.4 is 5.56 Å². The van der Waals surface area contributed by atoms with Crippen LogP contribution in [0.1, 0.15) is 55.3 Å². The first-order chi connectivity index (χ1) is 10.8. The van der Waals surface area contributed by atoms with Gasteiger partial charge in [-0.1, -0.05) is 0 Å². The van der Waals surface area contributed by atoms with E-state index in [1.807, 2.05) is 6.92 Å². The van der Waals surface area contributed by atoms with Crippen LogP contribution in [0.4, 0.5) is 0 Å². The van der Waals surface area contributed by atoms with Crippen molar-refractivity contribution >= 4 is 0 Å². The summed E-state index contributed by atoms with van der Waals surface area (Å²) >= 11 is 0. The van der Waals surface area contributed by atoms with Crippen LogP contribution in [0.2, 0.25) is 0 Å². The monoisotopic (exact) mass is 306 g/mol. The van der Waals surface area contributed by atoms with Gasteiger partial charge in [0.2, 0.25) is 0 Å². The Kier molecular flexibility index (Phi) is 5.26. The zero-order valence-corrected chi connectivity index (χ0v) is 13.5. The molecule has 0 amide bonds. The van der Waals surface area contributed by atoms with E-state index in [1.54, 1.807) is 4.68 Å². The molecule has 122 valence electrons. The van der Waals surface area contributed by atoms with Crippen molar-refractivity contribution < 1.29 is 9.47 Å². The highest BCUT2D eigenvalue weighted by atomic mass is 16.7. The Morgan fingerprint density at radius 2 is 2.14 bits per heavy atom. The summed E-state index contributed by atoms with van der Waals surface area (Å²) in [6, 6.07) is 0. The summed E-state index contributed by atoms with van der Waals surface area (Å²) in [5.41, 5.74) is 3.27. The molecule has 2 aliphatic rings. The Morgan fingerprint density at radius 3 is 2.95 bits per heavy atom. The number of nitrogens with zero attached hydrogens (tertiary/aromatic N) is 2. The Hall–Kier alpha value is -1.20. The maximum atomic E-state index is 12.4. The zero-order valence-electron chi connectivity index (χ0n) is 13.5. The molecule has 2 heterocycles. The van der Waals surface area contributed by atoms with Gasteiger partial charge in [-0.25, -0.2) is 4.68 Å². The van der Waals surface area contributed by atoms with Gasteiger partial charge in [0.15, 0.2) is 6.29 Å². The average molecular weight is 306 g/mol. The molecule has 0 aromatic carbocycles. The number of aryl methyl sites for hydroxylation is 2. The molecule has 1 aromatic heterocycles. The van der Waals surface area contributed by atoms with Crippen molar-refractivity contribution in [1.82, 2.24) is 9.78 Å². The lowest BCUT2D eigenvalue weighted by molar-refractivity contribution is -0.163. The van der Waals surface area contributed by atoms with Crippen LogP contribution in [-0.4, -0.2) is 29.3 Å². The van der Waals surface area contributed by atoms with Crippen molar-refractivity contribution in [2.75, 3.05) is 13.2 Å².